The van der Waals surface area contributed by atoms with E-state index in [1.54, 1.807) is 12.1 Å². The summed E-state index contributed by atoms with van der Waals surface area (Å²) in [7, 11) is 0. The lowest BCUT2D eigenvalue weighted by molar-refractivity contribution is -0.384. The van der Waals surface area contributed by atoms with Crippen molar-refractivity contribution in [1.29, 1.82) is 0 Å². The molecule has 0 aliphatic rings. The summed E-state index contributed by atoms with van der Waals surface area (Å²) < 4.78 is 1.84. The van der Waals surface area contributed by atoms with Crippen LogP contribution in [0, 0.1) is 10.1 Å². The van der Waals surface area contributed by atoms with Crippen LogP contribution < -0.4 is 0 Å². The summed E-state index contributed by atoms with van der Waals surface area (Å²) in [6.45, 7) is 0. The van der Waals surface area contributed by atoms with Crippen molar-refractivity contribution in [2.75, 3.05) is 0 Å². The van der Waals surface area contributed by atoms with Gasteiger partial charge in [-0.25, -0.2) is 9.50 Å². The van der Waals surface area contributed by atoms with Crippen molar-refractivity contribution in [2.45, 2.75) is 0 Å². The van der Waals surface area contributed by atoms with Crippen LogP contribution >= 0.6 is 0 Å². The molecular formula is C24H16N4O2. The van der Waals surface area contributed by atoms with E-state index in [9.17, 15) is 10.1 Å². The normalized spacial score (nSPS) is 10.9. The molecule has 0 spiro atoms. The van der Waals surface area contributed by atoms with E-state index in [0.717, 1.165) is 33.7 Å². The summed E-state index contributed by atoms with van der Waals surface area (Å²) in [6.07, 6.45) is 0. The Labute approximate surface area is 172 Å². The molecule has 6 nitrogen and oxygen atoms in total. The highest BCUT2D eigenvalue weighted by Gasteiger charge is 2.16. The van der Waals surface area contributed by atoms with E-state index < -0.39 is 4.92 Å². The zero-order valence-corrected chi connectivity index (χ0v) is 15.8. The van der Waals surface area contributed by atoms with E-state index in [1.165, 1.54) is 12.1 Å². The molecule has 0 fully saturated rings. The van der Waals surface area contributed by atoms with Crippen molar-refractivity contribution in [2.24, 2.45) is 0 Å². The molecule has 0 unspecified atom stereocenters. The first-order valence-electron chi connectivity index (χ1n) is 9.46. The fourth-order valence-electron chi connectivity index (χ4n) is 3.47. The Kier molecular flexibility index (Phi) is 4.29. The molecule has 5 aromatic rings. The van der Waals surface area contributed by atoms with E-state index in [0.29, 0.717) is 5.69 Å². The Bertz CT molecular complexity index is 1350. The molecule has 144 valence electrons. The lowest BCUT2D eigenvalue weighted by Gasteiger charge is -2.05. The van der Waals surface area contributed by atoms with Gasteiger partial charge in [0.2, 0.25) is 0 Å². The number of nitro benzene ring substituents is 1. The molecule has 0 saturated carbocycles. The van der Waals surface area contributed by atoms with Crippen molar-refractivity contribution in [3.63, 3.8) is 0 Å². The fourth-order valence-corrected chi connectivity index (χ4v) is 3.47. The Balaban J connectivity index is 1.71. The number of rotatable bonds is 4. The number of nitrogens with zero attached hydrogens (tertiary/aromatic N) is 4. The van der Waals surface area contributed by atoms with Crippen LogP contribution in [0.25, 0.3) is 39.4 Å². The molecule has 5 rings (SSSR count). The number of imidazole rings is 1. The fraction of sp³-hybridized carbons (Fsp3) is 0. The van der Waals surface area contributed by atoms with Gasteiger partial charge in [0.1, 0.15) is 0 Å². The molecule has 0 aliphatic heterocycles. The molecule has 30 heavy (non-hydrogen) atoms. The van der Waals surface area contributed by atoms with Gasteiger partial charge in [-0.2, -0.15) is 5.10 Å². The molecule has 0 saturated heterocycles. The van der Waals surface area contributed by atoms with Crippen LogP contribution in [-0.2, 0) is 0 Å². The van der Waals surface area contributed by atoms with Crippen molar-refractivity contribution < 1.29 is 4.92 Å². The second-order valence-corrected chi connectivity index (χ2v) is 6.84. The van der Waals surface area contributed by atoms with E-state index >= 15 is 0 Å². The number of fused-ring (bicyclic) bond motifs is 1. The lowest BCUT2D eigenvalue weighted by Crippen LogP contribution is -1.97. The van der Waals surface area contributed by atoms with Gasteiger partial charge in [0.25, 0.3) is 5.69 Å². The van der Waals surface area contributed by atoms with Gasteiger partial charge >= 0.3 is 0 Å². The molecule has 0 aliphatic carbocycles. The summed E-state index contributed by atoms with van der Waals surface area (Å²) in [6, 6.07) is 30.2. The summed E-state index contributed by atoms with van der Waals surface area (Å²) in [4.78, 5) is 15.4. The Morgan fingerprint density at radius 3 is 1.97 bits per heavy atom. The van der Waals surface area contributed by atoms with E-state index in [-0.39, 0.29) is 5.69 Å². The maximum Gasteiger partial charge on any atom is 0.269 e. The van der Waals surface area contributed by atoms with Gasteiger partial charge in [-0.3, -0.25) is 10.1 Å². The molecule has 0 N–H and O–H groups in total. The SMILES string of the molecule is O=[N+]([O-])c1ccc(-c2ccc3c(-c4ccccc4)nc(-c4ccccc4)n3n2)cc1. The monoisotopic (exact) mass is 392 g/mol. The predicted molar refractivity (Wildman–Crippen MR) is 116 cm³/mol. The Hall–Kier alpha value is -4.32. The third-order valence-corrected chi connectivity index (χ3v) is 4.95. The van der Waals surface area contributed by atoms with Crippen LogP contribution in [0.3, 0.4) is 0 Å². The van der Waals surface area contributed by atoms with Crippen molar-refractivity contribution in [1.82, 2.24) is 14.6 Å². The number of nitro groups is 1. The molecule has 0 atom stereocenters. The van der Waals surface area contributed by atoms with Crippen LogP contribution in [0.1, 0.15) is 0 Å². The summed E-state index contributed by atoms with van der Waals surface area (Å²) in [5.74, 6) is 0.744. The Morgan fingerprint density at radius 2 is 1.33 bits per heavy atom. The minimum Gasteiger partial charge on any atom is -0.258 e. The lowest BCUT2D eigenvalue weighted by atomic mass is 10.1. The summed E-state index contributed by atoms with van der Waals surface area (Å²) >= 11 is 0. The average Bonchev–Trinajstić information content (AvgIpc) is 3.19. The van der Waals surface area contributed by atoms with Gasteiger partial charge in [0.15, 0.2) is 5.82 Å². The summed E-state index contributed by atoms with van der Waals surface area (Å²) in [5, 5.41) is 15.8. The smallest absolute Gasteiger partial charge is 0.258 e. The van der Waals surface area contributed by atoms with Crippen LogP contribution in [0.4, 0.5) is 5.69 Å². The third kappa shape index (κ3) is 3.10. The molecule has 6 heteroatoms. The maximum atomic E-state index is 10.9. The van der Waals surface area contributed by atoms with Gasteiger partial charge in [-0.05, 0) is 24.3 Å². The highest BCUT2D eigenvalue weighted by Crippen LogP contribution is 2.30. The van der Waals surface area contributed by atoms with Crippen LogP contribution in [-0.4, -0.2) is 19.5 Å². The minimum atomic E-state index is -0.407. The number of hydrogen-bond donors (Lipinski definition) is 0. The van der Waals surface area contributed by atoms with E-state index in [2.05, 4.69) is 0 Å². The van der Waals surface area contributed by atoms with E-state index in [1.807, 2.05) is 77.3 Å². The number of hydrogen-bond acceptors (Lipinski definition) is 4. The molecule has 0 bridgehead atoms. The van der Waals surface area contributed by atoms with Crippen LogP contribution in [0.5, 0.6) is 0 Å². The first kappa shape index (κ1) is 17.8. The van der Waals surface area contributed by atoms with Crippen LogP contribution in [0.15, 0.2) is 97.1 Å². The average molecular weight is 392 g/mol. The van der Waals surface area contributed by atoms with Crippen LogP contribution in [0.2, 0.25) is 0 Å². The highest BCUT2D eigenvalue weighted by atomic mass is 16.6. The second-order valence-electron chi connectivity index (χ2n) is 6.84. The molecule has 2 heterocycles. The van der Waals surface area contributed by atoms with Gasteiger partial charge < -0.3 is 0 Å². The standard InChI is InChI=1S/C24H16N4O2/c29-28(30)20-13-11-17(12-14-20)21-15-16-22-23(18-7-3-1-4-8-18)25-24(27(22)26-21)19-9-5-2-6-10-19/h1-16H. The number of aromatic nitrogens is 3. The number of benzene rings is 3. The largest absolute Gasteiger partial charge is 0.269 e. The molecule has 3 aromatic carbocycles. The van der Waals surface area contributed by atoms with Gasteiger partial charge in [0.05, 0.1) is 21.8 Å². The first-order valence-corrected chi connectivity index (χ1v) is 9.46. The first-order chi connectivity index (χ1) is 14.7. The molecule has 0 amide bonds. The topological polar surface area (TPSA) is 73.3 Å². The van der Waals surface area contributed by atoms with Gasteiger partial charge in [-0.1, -0.05) is 60.7 Å². The molecule has 2 aromatic heterocycles. The quantitative estimate of drug-likeness (QED) is 0.293. The highest BCUT2D eigenvalue weighted by molar-refractivity contribution is 5.81. The molecule has 0 radical (unpaired) electrons. The van der Waals surface area contributed by atoms with Gasteiger partial charge in [-0.15, -0.1) is 0 Å². The van der Waals surface area contributed by atoms with E-state index in [4.69, 9.17) is 10.1 Å². The second kappa shape index (κ2) is 7.25. The minimum absolute atomic E-state index is 0.0544. The van der Waals surface area contributed by atoms with Gasteiger partial charge in [0, 0.05) is 28.8 Å². The molecular weight excluding hydrogens is 376 g/mol. The maximum absolute atomic E-state index is 10.9. The summed E-state index contributed by atoms with van der Waals surface area (Å²) in [5.41, 5.74) is 5.30. The zero-order chi connectivity index (χ0) is 20.5. The van der Waals surface area contributed by atoms with Crippen molar-refractivity contribution >= 4 is 11.2 Å². The Morgan fingerprint density at radius 1 is 0.700 bits per heavy atom. The van der Waals surface area contributed by atoms with Crippen molar-refractivity contribution in [3.8, 4) is 33.9 Å². The third-order valence-electron chi connectivity index (χ3n) is 4.95. The number of non-ortho nitro benzene ring substituents is 1. The zero-order valence-electron chi connectivity index (χ0n) is 15.8. The van der Waals surface area contributed by atoms with Crippen molar-refractivity contribution in [3.05, 3.63) is 107 Å². The predicted octanol–water partition coefficient (Wildman–Crippen LogP) is 5.64.